The molecule has 1 aliphatic heterocycles. The molecule has 2 aromatic carbocycles. The van der Waals surface area contributed by atoms with Gasteiger partial charge in [-0.1, -0.05) is 18.2 Å². The number of rotatable bonds is 4. The molecule has 28 heavy (non-hydrogen) atoms. The third kappa shape index (κ3) is 2.93. The fourth-order valence-corrected chi connectivity index (χ4v) is 3.86. The standard InChI is InChI=1S/C21H20N4O2S/c1-13-18(14(2)25(23-13)16-7-5-4-6-8-16)19-20(26)24(21(28)22-19)15-9-11-17(27-3)12-10-15/h4-12,19H,1-3H3,(H,22,28)/t19-/m0/s1. The van der Waals surface area contributed by atoms with Crippen LogP contribution in [0.1, 0.15) is 23.0 Å². The monoisotopic (exact) mass is 392 g/mol. The fraction of sp³-hybridized carbons (Fsp3) is 0.190. The van der Waals surface area contributed by atoms with E-state index in [4.69, 9.17) is 17.0 Å². The van der Waals surface area contributed by atoms with E-state index in [9.17, 15) is 4.79 Å². The molecule has 0 spiro atoms. The summed E-state index contributed by atoms with van der Waals surface area (Å²) >= 11 is 5.46. The lowest BCUT2D eigenvalue weighted by Crippen LogP contribution is -2.30. The predicted octanol–water partition coefficient (Wildman–Crippen LogP) is 3.46. The zero-order valence-corrected chi connectivity index (χ0v) is 16.7. The maximum atomic E-state index is 13.2. The van der Waals surface area contributed by atoms with Crippen LogP contribution in [0.3, 0.4) is 0 Å². The van der Waals surface area contributed by atoms with E-state index in [0.717, 1.165) is 28.4 Å². The van der Waals surface area contributed by atoms with Crippen LogP contribution in [0.4, 0.5) is 5.69 Å². The van der Waals surface area contributed by atoms with Gasteiger partial charge in [0.25, 0.3) is 5.91 Å². The summed E-state index contributed by atoms with van der Waals surface area (Å²) in [4.78, 5) is 14.8. The second-order valence-corrected chi connectivity index (χ2v) is 6.97. The largest absolute Gasteiger partial charge is 0.497 e. The Morgan fingerprint density at radius 3 is 2.36 bits per heavy atom. The van der Waals surface area contributed by atoms with Gasteiger partial charge in [-0.05, 0) is 62.5 Å². The third-order valence-electron chi connectivity index (χ3n) is 4.91. The number of hydrogen-bond donors (Lipinski definition) is 1. The van der Waals surface area contributed by atoms with Crippen LogP contribution in [0.15, 0.2) is 54.6 Å². The van der Waals surface area contributed by atoms with Crippen LogP contribution < -0.4 is 15.0 Å². The third-order valence-corrected chi connectivity index (χ3v) is 5.21. The molecule has 6 nitrogen and oxygen atoms in total. The zero-order chi connectivity index (χ0) is 19.8. The number of anilines is 1. The maximum absolute atomic E-state index is 13.2. The van der Waals surface area contributed by atoms with E-state index in [1.165, 1.54) is 4.90 Å². The first-order valence-electron chi connectivity index (χ1n) is 8.91. The van der Waals surface area contributed by atoms with Crippen LogP contribution in [0, 0.1) is 13.8 Å². The normalized spacial score (nSPS) is 16.4. The zero-order valence-electron chi connectivity index (χ0n) is 15.8. The molecule has 3 aromatic rings. The van der Waals surface area contributed by atoms with E-state index in [0.29, 0.717) is 10.8 Å². The van der Waals surface area contributed by atoms with Crippen molar-refractivity contribution < 1.29 is 9.53 Å². The van der Waals surface area contributed by atoms with Crippen molar-refractivity contribution in [2.75, 3.05) is 12.0 Å². The number of ether oxygens (including phenoxy) is 1. The van der Waals surface area contributed by atoms with E-state index < -0.39 is 6.04 Å². The first kappa shape index (κ1) is 18.2. The minimum atomic E-state index is -0.563. The highest BCUT2D eigenvalue weighted by atomic mass is 32.1. The summed E-state index contributed by atoms with van der Waals surface area (Å²) in [5.74, 6) is 0.607. The van der Waals surface area contributed by atoms with Crippen LogP contribution in [0.2, 0.25) is 0 Å². The molecule has 1 saturated heterocycles. The number of aromatic nitrogens is 2. The molecule has 1 atom stereocenters. The summed E-state index contributed by atoms with van der Waals surface area (Å²) < 4.78 is 7.05. The van der Waals surface area contributed by atoms with Crippen LogP contribution in [-0.2, 0) is 4.79 Å². The fourth-order valence-electron chi connectivity index (χ4n) is 3.54. The average molecular weight is 392 g/mol. The number of nitrogens with one attached hydrogen (secondary N) is 1. The maximum Gasteiger partial charge on any atom is 0.260 e. The van der Waals surface area contributed by atoms with Crippen molar-refractivity contribution in [3.63, 3.8) is 0 Å². The molecular weight excluding hydrogens is 372 g/mol. The van der Waals surface area contributed by atoms with E-state index in [1.807, 2.05) is 73.1 Å². The van der Waals surface area contributed by atoms with Crippen LogP contribution in [0.25, 0.3) is 5.69 Å². The van der Waals surface area contributed by atoms with Gasteiger partial charge >= 0.3 is 0 Å². The molecule has 0 aliphatic carbocycles. The Balaban J connectivity index is 1.70. The minimum Gasteiger partial charge on any atom is -0.497 e. The Bertz CT molecular complexity index is 1040. The van der Waals surface area contributed by atoms with E-state index in [1.54, 1.807) is 7.11 Å². The highest BCUT2D eigenvalue weighted by Crippen LogP contribution is 2.32. The van der Waals surface area contributed by atoms with Gasteiger partial charge in [0.1, 0.15) is 11.8 Å². The molecule has 0 saturated carbocycles. The van der Waals surface area contributed by atoms with E-state index in [-0.39, 0.29) is 5.91 Å². The van der Waals surface area contributed by atoms with Gasteiger partial charge in [-0.3, -0.25) is 9.69 Å². The lowest BCUT2D eigenvalue weighted by molar-refractivity contribution is -0.118. The molecular formula is C21H20N4O2S. The molecule has 1 aliphatic rings. The van der Waals surface area contributed by atoms with Crippen LogP contribution in [0.5, 0.6) is 5.75 Å². The van der Waals surface area contributed by atoms with Gasteiger partial charge in [0.15, 0.2) is 5.11 Å². The summed E-state index contributed by atoms with van der Waals surface area (Å²) in [6.45, 7) is 3.88. The number of carbonyl (C=O) groups is 1. The molecule has 0 radical (unpaired) electrons. The summed E-state index contributed by atoms with van der Waals surface area (Å²) in [6.07, 6.45) is 0. The van der Waals surface area contributed by atoms with Crippen LogP contribution >= 0.6 is 12.2 Å². The molecule has 2 heterocycles. The predicted molar refractivity (Wildman–Crippen MR) is 112 cm³/mol. The number of methoxy groups -OCH3 is 1. The second kappa shape index (κ2) is 7.09. The molecule has 4 rings (SSSR count). The Morgan fingerprint density at radius 1 is 1.04 bits per heavy atom. The molecule has 1 N–H and O–H groups in total. The highest BCUT2D eigenvalue weighted by molar-refractivity contribution is 7.80. The number of benzene rings is 2. The molecule has 1 fully saturated rings. The van der Waals surface area contributed by atoms with Gasteiger partial charge in [-0.2, -0.15) is 5.10 Å². The Morgan fingerprint density at radius 2 is 1.71 bits per heavy atom. The number of amides is 1. The number of hydrogen-bond acceptors (Lipinski definition) is 4. The van der Waals surface area contributed by atoms with Crippen molar-refractivity contribution in [3.05, 3.63) is 71.5 Å². The molecule has 0 bridgehead atoms. The van der Waals surface area contributed by atoms with Gasteiger partial charge in [0.2, 0.25) is 0 Å². The Labute approximate surface area is 168 Å². The van der Waals surface area contributed by atoms with Gasteiger partial charge in [0.05, 0.1) is 24.2 Å². The number of thiocarbonyl (C=S) groups is 1. The minimum absolute atomic E-state index is 0.117. The Hall–Kier alpha value is -3.19. The van der Waals surface area contributed by atoms with Crippen molar-refractivity contribution >= 4 is 28.9 Å². The lowest BCUT2D eigenvalue weighted by atomic mass is 10.0. The van der Waals surface area contributed by atoms with Gasteiger partial charge in [-0.15, -0.1) is 0 Å². The molecule has 0 unspecified atom stereocenters. The smallest absolute Gasteiger partial charge is 0.260 e. The lowest BCUT2D eigenvalue weighted by Gasteiger charge is -2.15. The highest BCUT2D eigenvalue weighted by Gasteiger charge is 2.40. The number of nitrogens with zero attached hydrogens (tertiary/aromatic N) is 3. The number of aryl methyl sites for hydroxylation is 1. The van der Waals surface area contributed by atoms with Crippen molar-refractivity contribution in [1.29, 1.82) is 0 Å². The van der Waals surface area contributed by atoms with Gasteiger partial charge < -0.3 is 10.1 Å². The number of carbonyl (C=O) groups excluding carboxylic acids is 1. The van der Waals surface area contributed by atoms with E-state index in [2.05, 4.69) is 10.4 Å². The van der Waals surface area contributed by atoms with Gasteiger partial charge in [-0.25, -0.2) is 4.68 Å². The van der Waals surface area contributed by atoms with Crippen molar-refractivity contribution in [3.8, 4) is 11.4 Å². The second-order valence-electron chi connectivity index (χ2n) is 6.59. The molecule has 1 aromatic heterocycles. The average Bonchev–Trinajstić information content (AvgIpc) is 3.17. The summed E-state index contributed by atoms with van der Waals surface area (Å²) in [5, 5.41) is 8.20. The SMILES string of the molecule is COc1ccc(N2C(=O)[C@H](c3c(C)nn(-c4ccccc4)c3C)NC2=S)cc1. The Kier molecular flexibility index (Phi) is 4.60. The first-order chi connectivity index (χ1) is 13.5. The first-order valence-corrected chi connectivity index (χ1v) is 9.32. The summed E-state index contributed by atoms with van der Waals surface area (Å²) in [5.41, 5.74) is 4.22. The topological polar surface area (TPSA) is 59.4 Å². The van der Waals surface area contributed by atoms with Crippen LogP contribution in [-0.4, -0.2) is 27.9 Å². The quantitative estimate of drug-likeness (QED) is 0.689. The molecule has 7 heteroatoms. The van der Waals surface area contributed by atoms with Crippen molar-refractivity contribution in [1.82, 2.24) is 15.1 Å². The van der Waals surface area contributed by atoms with Gasteiger partial charge in [0, 0.05) is 11.3 Å². The number of para-hydroxylation sites is 1. The van der Waals surface area contributed by atoms with E-state index >= 15 is 0 Å². The van der Waals surface area contributed by atoms with Crippen molar-refractivity contribution in [2.24, 2.45) is 0 Å². The summed E-state index contributed by atoms with van der Waals surface area (Å²) in [7, 11) is 1.61. The molecule has 142 valence electrons. The van der Waals surface area contributed by atoms with Crippen molar-refractivity contribution in [2.45, 2.75) is 19.9 Å². The molecule has 1 amide bonds. The summed E-state index contributed by atoms with van der Waals surface area (Å²) in [6, 6.07) is 16.6.